The molecule has 0 radical (unpaired) electrons. The van der Waals surface area contributed by atoms with Gasteiger partial charge in [0.05, 0.1) is 0 Å². The fourth-order valence-corrected chi connectivity index (χ4v) is 2.94. The van der Waals surface area contributed by atoms with Gasteiger partial charge in [0.2, 0.25) is 0 Å². The molecule has 1 nitrogen and oxygen atoms in total. The van der Waals surface area contributed by atoms with E-state index < -0.39 is 0 Å². The summed E-state index contributed by atoms with van der Waals surface area (Å²) < 4.78 is 0. The Morgan fingerprint density at radius 1 is 1.06 bits per heavy atom. The Hall–Kier alpha value is -0.990. The third-order valence-corrected chi connectivity index (χ3v) is 4.38. The van der Waals surface area contributed by atoms with Crippen LogP contribution >= 0.6 is 11.8 Å². The van der Waals surface area contributed by atoms with Crippen molar-refractivity contribution < 1.29 is 0 Å². The molecule has 0 saturated carbocycles. The fourth-order valence-electron chi connectivity index (χ4n) is 1.69. The number of hydrogen-bond acceptors (Lipinski definition) is 2. The van der Waals surface area contributed by atoms with Crippen molar-refractivity contribution in [2.75, 3.05) is 5.75 Å². The topological polar surface area (TPSA) is 26.0 Å². The van der Waals surface area contributed by atoms with Crippen molar-refractivity contribution in [2.45, 2.75) is 31.7 Å². The first-order valence-corrected chi connectivity index (χ1v) is 7.32. The minimum absolute atomic E-state index is 0.170. The van der Waals surface area contributed by atoms with E-state index in [1.54, 1.807) is 0 Å². The van der Waals surface area contributed by atoms with Crippen molar-refractivity contribution in [3.63, 3.8) is 0 Å². The van der Waals surface area contributed by atoms with Gasteiger partial charge in [-0.1, -0.05) is 51.1 Å². The molecule has 2 N–H and O–H groups in total. The zero-order chi connectivity index (χ0) is 13.2. The SMILES string of the molecule is CC(C)(C)C(N)CSc1ccc2ccccc2c1. The third kappa shape index (κ3) is 3.27. The van der Waals surface area contributed by atoms with Gasteiger partial charge in [-0.05, 0) is 28.3 Å². The van der Waals surface area contributed by atoms with E-state index in [1.165, 1.54) is 15.7 Å². The second-order valence-corrected chi connectivity index (χ2v) is 6.89. The lowest BCUT2D eigenvalue weighted by molar-refractivity contribution is 0.344. The summed E-state index contributed by atoms with van der Waals surface area (Å²) in [5.74, 6) is 0.960. The van der Waals surface area contributed by atoms with Crippen LogP contribution in [0.4, 0.5) is 0 Å². The Kier molecular flexibility index (Phi) is 3.98. The van der Waals surface area contributed by atoms with Crippen LogP contribution in [0.5, 0.6) is 0 Å². The highest BCUT2D eigenvalue weighted by Gasteiger charge is 2.20. The average Bonchev–Trinajstić information content (AvgIpc) is 2.34. The molecule has 0 bridgehead atoms. The summed E-state index contributed by atoms with van der Waals surface area (Å²) in [5, 5.41) is 2.59. The van der Waals surface area contributed by atoms with Crippen LogP contribution in [0.1, 0.15) is 20.8 Å². The van der Waals surface area contributed by atoms with E-state index in [-0.39, 0.29) is 11.5 Å². The maximum Gasteiger partial charge on any atom is 0.0183 e. The zero-order valence-corrected chi connectivity index (χ0v) is 12.1. The second-order valence-electron chi connectivity index (χ2n) is 5.79. The van der Waals surface area contributed by atoms with Gasteiger partial charge < -0.3 is 5.73 Å². The Bertz CT molecular complexity index is 528. The first-order valence-electron chi connectivity index (χ1n) is 6.34. The van der Waals surface area contributed by atoms with Gasteiger partial charge in [0.25, 0.3) is 0 Å². The van der Waals surface area contributed by atoms with Crippen LogP contribution in [-0.4, -0.2) is 11.8 Å². The normalized spacial score (nSPS) is 13.8. The van der Waals surface area contributed by atoms with Gasteiger partial charge in [-0.25, -0.2) is 0 Å². The second kappa shape index (κ2) is 5.33. The van der Waals surface area contributed by atoms with E-state index >= 15 is 0 Å². The maximum atomic E-state index is 6.19. The van der Waals surface area contributed by atoms with Crippen LogP contribution in [0, 0.1) is 5.41 Å². The van der Waals surface area contributed by atoms with Crippen LogP contribution in [0.3, 0.4) is 0 Å². The first kappa shape index (κ1) is 13.4. The van der Waals surface area contributed by atoms with Crippen LogP contribution < -0.4 is 5.73 Å². The van der Waals surface area contributed by atoms with Crippen molar-refractivity contribution in [3.05, 3.63) is 42.5 Å². The largest absolute Gasteiger partial charge is 0.326 e. The molecular formula is C16H21NS. The van der Waals surface area contributed by atoms with Crippen molar-refractivity contribution in [1.29, 1.82) is 0 Å². The maximum absolute atomic E-state index is 6.19. The van der Waals surface area contributed by atoms with Gasteiger partial charge >= 0.3 is 0 Å². The van der Waals surface area contributed by atoms with E-state index in [2.05, 4.69) is 63.2 Å². The van der Waals surface area contributed by atoms with E-state index in [0.717, 1.165) is 5.75 Å². The summed E-state index contributed by atoms with van der Waals surface area (Å²) >= 11 is 1.85. The van der Waals surface area contributed by atoms with Crippen molar-refractivity contribution in [2.24, 2.45) is 11.1 Å². The highest BCUT2D eigenvalue weighted by atomic mass is 32.2. The molecule has 0 aliphatic carbocycles. The molecule has 0 spiro atoms. The molecule has 2 heteroatoms. The highest BCUT2D eigenvalue weighted by Crippen LogP contribution is 2.27. The van der Waals surface area contributed by atoms with Crippen molar-refractivity contribution in [3.8, 4) is 0 Å². The zero-order valence-electron chi connectivity index (χ0n) is 11.3. The summed E-state index contributed by atoms with van der Waals surface area (Å²) in [6.07, 6.45) is 0. The number of benzene rings is 2. The Morgan fingerprint density at radius 2 is 1.72 bits per heavy atom. The van der Waals surface area contributed by atoms with Crippen LogP contribution in [-0.2, 0) is 0 Å². The van der Waals surface area contributed by atoms with Gasteiger partial charge in [0.15, 0.2) is 0 Å². The van der Waals surface area contributed by atoms with Gasteiger partial charge in [-0.15, -0.1) is 11.8 Å². The first-order chi connectivity index (χ1) is 8.47. The highest BCUT2D eigenvalue weighted by molar-refractivity contribution is 7.99. The Labute approximate surface area is 114 Å². The molecular weight excluding hydrogens is 238 g/mol. The number of rotatable bonds is 3. The van der Waals surface area contributed by atoms with Crippen LogP contribution in [0.15, 0.2) is 47.4 Å². The average molecular weight is 259 g/mol. The summed E-state index contributed by atoms with van der Waals surface area (Å²) in [4.78, 5) is 1.30. The number of hydrogen-bond donors (Lipinski definition) is 1. The molecule has 2 aromatic rings. The van der Waals surface area contributed by atoms with Crippen LogP contribution in [0.25, 0.3) is 10.8 Å². The number of thioether (sulfide) groups is 1. The van der Waals surface area contributed by atoms with E-state index in [1.807, 2.05) is 11.8 Å². The Morgan fingerprint density at radius 3 is 2.39 bits per heavy atom. The third-order valence-electron chi connectivity index (χ3n) is 3.26. The van der Waals surface area contributed by atoms with E-state index in [9.17, 15) is 0 Å². The number of nitrogens with two attached hydrogens (primary N) is 1. The minimum atomic E-state index is 0.170. The van der Waals surface area contributed by atoms with Crippen LogP contribution in [0.2, 0.25) is 0 Å². The van der Waals surface area contributed by atoms with Gasteiger partial charge in [-0.2, -0.15) is 0 Å². The molecule has 0 aliphatic rings. The molecule has 1 atom stereocenters. The monoisotopic (exact) mass is 259 g/mol. The standard InChI is InChI=1S/C16H21NS/c1-16(2,3)15(17)11-18-14-9-8-12-6-4-5-7-13(12)10-14/h4-10,15H,11,17H2,1-3H3. The molecule has 18 heavy (non-hydrogen) atoms. The summed E-state index contributed by atoms with van der Waals surface area (Å²) in [6.45, 7) is 6.58. The molecule has 96 valence electrons. The summed E-state index contributed by atoms with van der Waals surface area (Å²) in [7, 11) is 0. The molecule has 1 unspecified atom stereocenters. The van der Waals surface area contributed by atoms with E-state index in [0.29, 0.717) is 0 Å². The predicted octanol–water partition coefficient (Wildman–Crippen LogP) is 4.31. The molecule has 0 heterocycles. The lowest BCUT2D eigenvalue weighted by Crippen LogP contribution is -2.37. The molecule has 2 aromatic carbocycles. The lowest BCUT2D eigenvalue weighted by atomic mass is 9.89. The van der Waals surface area contributed by atoms with Gasteiger partial charge in [0.1, 0.15) is 0 Å². The van der Waals surface area contributed by atoms with Gasteiger partial charge in [0, 0.05) is 16.7 Å². The smallest absolute Gasteiger partial charge is 0.0183 e. The summed E-state index contributed by atoms with van der Waals surface area (Å²) in [6, 6.07) is 15.3. The molecule has 0 saturated heterocycles. The Balaban J connectivity index is 2.08. The predicted molar refractivity (Wildman–Crippen MR) is 82.1 cm³/mol. The van der Waals surface area contributed by atoms with E-state index in [4.69, 9.17) is 5.73 Å². The minimum Gasteiger partial charge on any atom is -0.326 e. The number of fused-ring (bicyclic) bond motifs is 1. The van der Waals surface area contributed by atoms with Crippen molar-refractivity contribution >= 4 is 22.5 Å². The molecule has 2 rings (SSSR count). The lowest BCUT2D eigenvalue weighted by Gasteiger charge is -2.26. The molecule has 0 aromatic heterocycles. The molecule has 0 fully saturated rings. The summed E-state index contributed by atoms with van der Waals surface area (Å²) in [5.41, 5.74) is 6.36. The van der Waals surface area contributed by atoms with Crippen molar-refractivity contribution in [1.82, 2.24) is 0 Å². The molecule has 0 amide bonds. The fraction of sp³-hybridized carbons (Fsp3) is 0.375. The quantitative estimate of drug-likeness (QED) is 0.831. The van der Waals surface area contributed by atoms with Gasteiger partial charge in [-0.3, -0.25) is 0 Å². The molecule has 0 aliphatic heterocycles.